The fourth-order valence-corrected chi connectivity index (χ4v) is 1.66. The quantitative estimate of drug-likeness (QED) is 0.588. The van der Waals surface area contributed by atoms with Gasteiger partial charge in [-0.1, -0.05) is 44.0 Å². The van der Waals surface area contributed by atoms with Crippen LogP contribution in [-0.4, -0.2) is 22.3 Å². The predicted molar refractivity (Wildman–Crippen MR) is 64.0 cm³/mol. The average Bonchev–Trinajstić information content (AvgIpc) is 2.25. The van der Waals surface area contributed by atoms with Crippen LogP contribution in [0, 0.1) is 0 Å². The number of para-hydroxylation sites is 1. The van der Waals surface area contributed by atoms with Gasteiger partial charge in [0.2, 0.25) is 0 Å². The topological polar surface area (TPSA) is 26.3 Å². The molecule has 0 bridgehead atoms. The van der Waals surface area contributed by atoms with Crippen LogP contribution in [0.5, 0.6) is 5.75 Å². The molecule has 0 aliphatic rings. The first-order chi connectivity index (χ1) is 7.85. The summed E-state index contributed by atoms with van der Waals surface area (Å²) < 4.78 is 40.1. The minimum absolute atomic E-state index is 0.105. The van der Waals surface area contributed by atoms with E-state index in [1.807, 2.05) is 0 Å². The molecule has 0 saturated carbocycles. The standard InChI is InChI=1S/C10H7Br2F3O2/c11-5-7(12)9(16)6-3-1-2-4-8(6)17-10(13,14)15/h1-4,7H,5H2. The van der Waals surface area contributed by atoms with Crippen molar-refractivity contribution in [2.75, 3.05) is 5.33 Å². The van der Waals surface area contributed by atoms with Gasteiger partial charge in [-0.2, -0.15) is 0 Å². The van der Waals surface area contributed by atoms with E-state index in [4.69, 9.17) is 0 Å². The van der Waals surface area contributed by atoms with Crippen LogP contribution < -0.4 is 4.74 Å². The highest BCUT2D eigenvalue weighted by Gasteiger charge is 2.33. The van der Waals surface area contributed by atoms with Crippen LogP contribution in [0.25, 0.3) is 0 Å². The molecule has 17 heavy (non-hydrogen) atoms. The van der Waals surface area contributed by atoms with Gasteiger partial charge >= 0.3 is 6.36 Å². The number of ketones is 1. The highest BCUT2D eigenvalue weighted by atomic mass is 79.9. The first kappa shape index (κ1) is 14.5. The predicted octanol–water partition coefficient (Wildman–Crippen LogP) is 3.93. The Bertz CT molecular complexity index is 407. The van der Waals surface area contributed by atoms with Gasteiger partial charge < -0.3 is 4.74 Å². The van der Waals surface area contributed by atoms with Crippen LogP contribution >= 0.6 is 31.9 Å². The zero-order chi connectivity index (χ0) is 13.1. The third-order valence-corrected chi connectivity index (χ3v) is 4.05. The second kappa shape index (κ2) is 5.86. The molecule has 0 aliphatic heterocycles. The number of carbonyl (C=O) groups excluding carboxylic acids is 1. The molecule has 1 rings (SSSR count). The van der Waals surface area contributed by atoms with Crippen molar-refractivity contribution in [3.8, 4) is 5.75 Å². The summed E-state index contributed by atoms with van der Waals surface area (Å²) >= 11 is 6.13. The highest BCUT2D eigenvalue weighted by Crippen LogP contribution is 2.28. The van der Waals surface area contributed by atoms with Gasteiger partial charge in [-0.3, -0.25) is 4.79 Å². The number of benzene rings is 1. The van der Waals surface area contributed by atoms with E-state index >= 15 is 0 Å². The fraction of sp³-hybridized carbons (Fsp3) is 0.300. The van der Waals surface area contributed by atoms with E-state index in [1.165, 1.54) is 18.2 Å². The zero-order valence-electron chi connectivity index (χ0n) is 8.30. The van der Waals surface area contributed by atoms with Crippen LogP contribution in [-0.2, 0) is 0 Å². The van der Waals surface area contributed by atoms with Gasteiger partial charge in [0.25, 0.3) is 0 Å². The third kappa shape index (κ3) is 4.31. The Labute approximate surface area is 112 Å². The molecule has 7 heteroatoms. The normalized spacial score (nSPS) is 13.2. The van der Waals surface area contributed by atoms with Crippen molar-refractivity contribution >= 4 is 37.6 Å². The van der Waals surface area contributed by atoms with Crippen molar-refractivity contribution in [1.82, 2.24) is 0 Å². The SMILES string of the molecule is O=C(c1ccccc1OC(F)(F)F)C(Br)CBr. The molecule has 0 spiro atoms. The van der Waals surface area contributed by atoms with Gasteiger partial charge in [0.05, 0.1) is 10.4 Å². The van der Waals surface area contributed by atoms with Crippen molar-refractivity contribution in [3.05, 3.63) is 29.8 Å². The van der Waals surface area contributed by atoms with Gasteiger partial charge in [0.1, 0.15) is 5.75 Å². The van der Waals surface area contributed by atoms with Crippen molar-refractivity contribution < 1.29 is 22.7 Å². The summed E-state index contributed by atoms with van der Waals surface area (Å²) in [5, 5.41) is 0.298. The summed E-state index contributed by atoms with van der Waals surface area (Å²) in [5.74, 6) is -0.961. The first-order valence-electron chi connectivity index (χ1n) is 4.44. The third-order valence-electron chi connectivity index (χ3n) is 1.80. The second-order valence-electron chi connectivity index (χ2n) is 3.03. The number of ether oxygens (including phenoxy) is 1. The molecule has 1 aromatic carbocycles. The maximum absolute atomic E-state index is 12.1. The number of carbonyl (C=O) groups is 1. The molecule has 0 saturated heterocycles. The number of halogens is 5. The Morgan fingerprint density at radius 3 is 2.47 bits per heavy atom. The monoisotopic (exact) mass is 374 g/mol. The molecule has 0 amide bonds. The van der Waals surface area contributed by atoms with E-state index in [-0.39, 0.29) is 5.56 Å². The maximum Gasteiger partial charge on any atom is 0.573 e. The summed E-state index contributed by atoms with van der Waals surface area (Å²) in [7, 11) is 0. The van der Waals surface area contributed by atoms with Crippen LogP contribution in [0.3, 0.4) is 0 Å². The molecule has 1 atom stereocenters. The minimum Gasteiger partial charge on any atom is -0.405 e. The smallest absolute Gasteiger partial charge is 0.405 e. The summed E-state index contributed by atoms with van der Waals surface area (Å²) in [6, 6.07) is 5.24. The van der Waals surface area contributed by atoms with Crippen LogP contribution in [0.4, 0.5) is 13.2 Å². The van der Waals surface area contributed by atoms with Gasteiger partial charge in [-0.25, -0.2) is 0 Å². The van der Waals surface area contributed by atoms with E-state index in [0.717, 1.165) is 6.07 Å². The average molecular weight is 376 g/mol. The molecule has 0 radical (unpaired) electrons. The number of hydrogen-bond acceptors (Lipinski definition) is 2. The Morgan fingerprint density at radius 1 is 1.35 bits per heavy atom. The van der Waals surface area contributed by atoms with Gasteiger partial charge in [-0.05, 0) is 12.1 Å². The summed E-state index contributed by atoms with van der Waals surface area (Å²) in [5.41, 5.74) is -0.105. The first-order valence-corrected chi connectivity index (χ1v) is 6.48. The van der Waals surface area contributed by atoms with Crippen molar-refractivity contribution in [1.29, 1.82) is 0 Å². The Balaban J connectivity index is 3.04. The van der Waals surface area contributed by atoms with Crippen molar-refractivity contribution in [3.63, 3.8) is 0 Å². The lowest BCUT2D eigenvalue weighted by molar-refractivity contribution is -0.274. The molecule has 0 N–H and O–H groups in total. The number of alkyl halides is 5. The van der Waals surface area contributed by atoms with Crippen LogP contribution in [0.2, 0.25) is 0 Å². The van der Waals surface area contributed by atoms with Gasteiger partial charge in [-0.15, -0.1) is 13.2 Å². The number of Topliss-reactive ketones (excluding diaryl/α,β-unsaturated/α-hetero) is 1. The van der Waals surface area contributed by atoms with Crippen LogP contribution in [0.15, 0.2) is 24.3 Å². The molecular formula is C10H7Br2F3O2. The molecule has 0 heterocycles. The van der Waals surface area contributed by atoms with Gasteiger partial charge in [0, 0.05) is 5.33 Å². The molecule has 94 valence electrons. The molecular weight excluding hydrogens is 369 g/mol. The summed E-state index contributed by atoms with van der Waals surface area (Å²) in [6.07, 6.45) is -4.81. The van der Waals surface area contributed by atoms with E-state index in [2.05, 4.69) is 36.6 Å². The molecule has 0 aliphatic carbocycles. The number of rotatable bonds is 4. The Kier molecular flexibility index (Phi) is 5.00. The maximum atomic E-state index is 12.1. The van der Waals surface area contributed by atoms with E-state index < -0.39 is 22.7 Å². The van der Waals surface area contributed by atoms with E-state index in [1.54, 1.807) is 0 Å². The Morgan fingerprint density at radius 2 is 1.94 bits per heavy atom. The molecule has 1 unspecified atom stereocenters. The largest absolute Gasteiger partial charge is 0.573 e. The van der Waals surface area contributed by atoms with Gasteiger partial charge in [0.15, 0.2) is 5.78 Å². The van der Waals surface area contributed by atoms with Crippen molar-refractivity contribution in [2.45, 2.75) is 11.2 Å². The lowest BCUT2D eigenvalue weighted by Gasteiger charge is -2.13. The lowest BCUT2D eigenvalue weighted by atomic mass is 10.1. The summed E-state index contributed by atoms with van der Waals surface area (Å²) in [4.78, 5) is 11.2. The van der Waals surface area contributed by atoms with Crippen LogP contribution in [0.1, 0.15) is 10.4 Å². The summed E-state index contributed by atoms with van der Waals surface area (Å²) in [6.45, 7) is 0. The van der Waals surface area contributed by atoms with E-state index in [0.29, 0.717) is 5.33 Å². The van der Waals surface area contributed by atoms with E-state index in [9.17, 15) is 18.0 Å². The number of hydrogen-bond donors (Lipinski definition) is 0. The molecule has 1 aromatic rings. The molecule has 0 aromatic heterocycles. The second-order valence-corrected chi connectivity index (χ2v) is 4.78. The highest BCUT2D eigenvalue weighted by molar-refractivity contribution is 9.12. The molecule has 0 fully saturated rings. The Hall–Kier alpha value is -0.560. The molecule has 2 nitrogen and oxygen atoms in total. The minimum atomic E-state index is -4.81. The fourth-order valence-electron chi connectivity index (χ4n) is 1.12. The zero-order valence-corrected chi connectivity index (χ0v) is 11.5. The van der Waals surface area contributed by atoms with Crippen molar-refractivity contribution in [2.24, 2.45) is 0 Å². The lowest BCUT2D eigenvalue weighted by Crippen LogP contribution is -2.21.